The Morgan fingerprint density at radius 1 is 1.12 bits per heavy atom. The van der Waals surface area contributed by atoms with E-state index in [1.165, 1.54) is 0 Å². The van der Waals surface area contributed by atoms with Crippen molar-refractivity contribution in [1.29, 1.82) is 0 Å². The van der Waals surface area contributed by atoms with Gasteiger partial charge in [-0.25, -0.2) is 13.2 Å². The molecule has 1 aliphatic heterocycles. The van der Waals surface area contributed by atoms with E-state index in [4.69, 9.17) is 9.47 Å². The van der Waals surface area contributed by atoms with Gasteiger partial charge in [0.2, 0.25) is 5.91 Å². The Kier molecular flexibility index (Phi) is 5.07. The molecule has 3 rings (SSSR count). The summed E-state index contributed by atoms with van der Waals surface area (Å²) in [5, 5.41) is 5.31. The first-order chi connectivity index (χ1) is 11.5. The molecule has 1 aromatic carbocycles. The molecule has 0 radical (unpaired) electrons. The van der Waals surface area contributed by atoms with E-state index in [1.807, 2.05) is 0 Å². The Morgan fingerprint density at radius 2 is 1.79 bits per heavy atom. The minimum atomic E-state index is -1.60. The van der Waals surface area contributed by atoms with Gasteiger partial charge in [0.1, 0.15) is 0 Å². The van der Waals surface area contributed by atoms with E-state index >= 15 is 0 Å². The van der Waals surface area contributed by atoms with Crippen LogP contribution < -0.4 is 10.6 Å². The normalized spacial score (nSPS) is 20.5. The van der Waals surface area contributed by atoms with E-state index in [2.05, 4.69) is 10.6 Å². The standard InChI is InChI=1S/C16H19F3N2O3/c17-11-1-2-12(15(19)14(11)18)21-13(22)9-20-10-3-5-16(6-4-10)23-7-8-24-16/h1-2,10,20H,3-9H2,(H,21,22). The second-order valence-corrected chi connectivity index (χ2v) is 6.03. The first-order valence-corrected chi connectivity index (χ1v) is 7.94. The fourth-order valence-corrected chi connectivity index (χ4v) is 3.10. The average Bonchev–Trinajstić information content (AvgIpc) is 3.03. The molecule has 0 atom stereocenters. The van der Waals surface area contributed by atoms with Crippen molar-refractivity contribution in [3.8, 4) is 0 Å². The molecule has 8 heteroatoms. The van der Waals surface area contributed by atoms with Gasteiger partial charge < -0.3 is 20.1 Å². The van der Waals surface area contributed by atoms with Gasteiger partial charge >= 0.3 is 0 Å². The molecule has 1 heterocycles. The summed E-state index contributed by atoms with van der Waals surface area (Å²) in [6.45, 7) is 1.18. The van der Waals surface area contributed by atoms with Crippen LogP contribution in [0.25, 0.3) is 0 Å². The van der Waals surface area contributed by atoms with E-state index in [0.717, 1.165) is 37.8 Å². The van der Waals surface area contributed by atoms with Crippen molar-refractivity contribution in [2.45, 2.75) is 37.5 Å². The Hall–Kier alpha value is -1.64. The maximum Gasteiger partial charge on any atom is 0.238 e. The highest BCUT2D eigenvalue weighted by molar-refractivity contribution is 5.92. The monoisotopic (exact) mass is 344 g/mol. The van der Waals surface area contributed by atoms with Crippen LogP contribution in [-0.4, -0.2) is 37.5 Å². The Morgan fingerprint density at radius 3 is 2.46 bits per heavy atom. The lowest BCUT2D eigenvalue weighted by atomic mass is 9.90. The summed E-state index contributed by atoms with van der Waals surface area (Å²) < 4.78 is 50.7. The van der Waals surface area contributed by atoms with Gasteiger partial charge in [-0.05, 0) is 25.0 Å². The van der Waals surface area contributed by atoms with Crippen LogP contribution in [0.2, 0.25) is 0 Å². The van der Waals surface area contributed by atoms with Gasteiger partial charge in [0.05, 0.1) is 25.4 Å². The van der Waals surface area contributed by atoms with Crippen LogP contribution in [0.1, 0.15) is 25.7 Å². The van der Waals surface area contributed by atoms with Crippen LogP contribution in [0.15, 0.2) is 12.1 Å². The van der Waals surface area contributed by atoms with Crippen LogP contribution in [0.4, 0.5) is 18.9 Å². The molecule has 1 saturated heterocycles. The van der Waals surface area contributed by atoms with Gasteiger partial charge in [-0.1, -0.05) is 0 Å². The second kappa shape index (κ2) is 7.08. The van der Waals surface area contributed by atoms with E-state index in [1.54, 1.807) is 0 Å². The Bertz CT molecular complexity index is 611. The van der Waals surface area contributed by atoms with Crippen molar-refractivity contribution in [3.05, 3.63) is 29.6 Å². The van der Waals surface area contributed by atoms with Crippen LogP contribution in [0.3, 0.4) is 0 Å². The van der Waals surface area contributed by atoms with E-state index < -0.39 is 29.1 Å². The zero-order valence-electron chi connectivity index (χ0n) is 13.0. The van der Waals surface area contributed by atoms with Crippen LogP contribution >= 0.6 is 0 Å². The lowest BCUT2D eigenvalue weighted by Gasteiger charge is -2.35. The number of hydrogen-bond donors (Lipinski definition) is 2. The van der Waals surface area contributed by atoms with Gasteiger partial charge in [0.25, 0.3) is 0 Å². The molecule has 0 aromatic heterocycles. The second-order valence-electron chi connectivity index (χ2n) is 6.03. The number of nitrogens with one attached hydrogen (secondary N) is 2. The molecule has 0 bridgehead atoms. The summed E-state index contributed by atoms with van der Waals surface area (Å²) in [6, 6.07) is 1.89. The summed E-state index contributed by atoms with van der Waals surface area (Å²) in [5.41, 5.74) is -0.379. The smallest absolute Gasteiger partial charge is 0.238 e. The van der Waals surface area contributed by atoms with Crippen molar-refractivity contribution in [2.75, 3.05) is 25.1 Å². The van der Waals surface area contributed by atoms with E-state index in [-0.39, 0.29) is 18.3 Å². The van der Waals surface area contributed by atoms with Gasteiger partial charge in [-0.2, -0.15) is 0 Å². The molecule has 2 N–H and O–H groups in total. The zero-order chi connectivity index (χ0) is 17.2. The first-order valence-electron chi connectivity index (χ1n) is 7.94. The number of carbonyl (C=O) groups is 1. The van der Waals surface area contributed by atoms with E-state index in [9.17, 15) is 18.0 Å². The van der Waals surface area contributed by atoms with Crippen molar-refractivity contribution in [1.82, 2.24) is 5.32 Å². The van der Waals surface area contributed by atoms with Gasteiger partial charge in [0, 0.05) is 18.9 Å². The van der Waals surface area contributed by atoms with Crippen molar-refractivity contribution in [3.63, 3.8) is 0 Å². The number of benzene rings is 1. The summed E-state index contributed by atoms with van der Waals surface area (Å²) in [4.78, 5) is 11.8. The third-order valence-corrected chi connectivity index (χ3v) is 4.42. The lowest BCUT2D eigenvalue weighted by Crippen LogP contribution is -2.44. The predicted octanol–water partition coefficient (Wildman–Crippen LogP) is 2.32. The molecule has 1 saturated carbocycles. The lowest BCUT2D eigenvalue weighted by molar-refractivity contribution is -0.179. The molecule has 0 unspecified atom stereocenters. The fraction of sp³-hybridized carbons (Fsp3) is 0.562. The Labute approximate surface area is 137 Å². The van der Waals surface area contributed by atoms with Crippen molar-refractivity contribution >= 4 is 11.6 Å². The number of halogens is 3. The molecule has 132 valence electrons. The van der Waals surface area contributed by atoms with Crippen molar-refractivity contribution in [2.24, 2.45) is 0 Å². The number of amides is 1. The maximum absolute atomic E-state index is 13.5. The third-order valence-electron chi connectivity index (χ3n) is 4.42. The first kappa shape index (κ1) is 17.2. The van der Waals surface area contributed by atoms with Gasteiger partial charge in [-0.15, -0.1) is 0 Å². The molecular formula is C16H19F3N2O3. The van der Waals surface area contributed by atoms with Gasteiger partial charge in [0.15, 0.2) is 23.2 Å². The highest BCUT2D eigenvalue weighted by Crippen LogP contribution is 2.35. The summed E-state index contributed by atoms with van der Waals surface area (Å²) >= 11 is 0. The number of ether oxygens (including phenoxy) is 2. The third kappa shape index (κ3) is 3.71. The highest BCUT2D eigenvalue weighted by atomic mass is 19.2. The maximum atomic E-state index is 13.5. The highest BCUT2D eigenvalue weighted by Gasteiger charge is 2.40. The summed E-state index contributed by atoms with van der Waals surface area (Å²) in [6.07, 6.45) is 3.10. The molecule has 1 aliphatic carbocycles. The topological polar surface area (TPSA) is 59.6 Å². The van der Waals surface area contributed by atoms with E-state index in [0.29, 0.717) is 13.2 Å². The molecule has 2 fully saturated rings. The summed E-state index contributed by atoms with van der Waals surface area (Å²) in [7, 11) is 0. The van der Waals surface area contributed by atoms with Crippen LogP contribution in [-0.2, 0) is 14.3 Å². The molecular weight excluding hydrogens is 325 g/mol. The van der Waals surface area contributed by atoms with Crippen LogP contribution in [0, 0.1) is 17.5 Å². The fourth-order valence-electron chi connectivity index (χ4n) is 3.10. The number of hydrogen-bond acceptors (Lipinski definition) is 4. The minimum Gasteiger partial charge on any atom is -0.348 e. The largest absolute Gasteiger partial charge is 0.348 e. The predicted molar refractivity (Wildman–Crippen MR) is 79.8 cm³/mol. The average molecular weight is 344 g/mol. The number of carbonyl (C=O) groups excluding carboxylic acids is 1. The van der Waals surface area contributed by atoms with Crippen LogP contribution in [0.5, 0.6) is 0 Å². The number of rotatable bonds is 4. The minimum absolute atomic E-state index is 0.0438. The van der Waals surface area contributed by atoms with Crippen molar-refractivity contribution < 1.29 is 27.4 Å². The summed E-state index contributed by atoms with van der Waals surface area (Å²) in [5.74, 6) is -5.28. The molecule has 24 heavy (non-hydrogen) atoms. The number of anilines is 1. The molecule has 1 amide bonds. The molecule has 2 aliphatic rings. The Balaban J connectivity index is 1.46. The quantitative estimate of drug-likeness (QED) is 0.823. The van der Waals surface area contributed by atoms with Gasteiger partial charge in [-0.3, -0.25) is 4.79 Å². The molecule has 1 spiro atoms. The molecule has 5 nitrogen and oxygen atoms in total. The zero-order valence-corrected chi connectivity index (χ0v) is 13.0. The molecule has 1 aromatic rings. The SMILES string of the molecule is O=C(CNC1CCC2(CC1)OCCO2)Nc1ccc(F)c(F)c1F.